The van der Waals surface area contributed by atoms with Gasteiger partial charge in [0.1, 0.15) is 5.75 Å². The van der Waals surface area contributed by atoms with Crippen LogP contribution in [-0.2, 0) is 0 Å². The Hall–Kier alpha value is -1.03. The van der Waals surface area contributed by atoms with E-state index >= 15 is 0 Å². The van der Waals surface area contributed by atoms with E-state index in [0.29, 0.717) is 0 Å². The number of hydrogen-bond acceptors (Lipinski definition) is 3. The molecule has 4 heteroatoms. The van der Waals surface area contributed by atoms with Crippen LogP contribution in [0, 0.1) is 13.8 Å². The van der Waals surface area contributed by atoms with Gasteiger partial charge in [0.25, 0.3) is 0 Å². The van der Waals surface area contributed by atoms with Crippen molar-refractivity contribution in [2.45, 2.75) is 19.2 Å². The molecule has 0 saturated carbocycles. The second kappa shape index (κ2) is 5.40. The molecule has 2 aromatic heterocycles. The van der Waals surface area contributed by atoms with Crippen molar-refractivity contribution in [1.82, 2.24) is 0 Å². The van der Waals surface area contributed by atoms with Crippen LogP contribution < -0.4 is 4.74 Å². The van der Waals surface area contributed by atoms with Crippen molar-refractivity contribution in [1.29, 1.82) is 0 Å². The predicted octanol–water partition coefficient (Wildman–Crippen LogP) is 5.92. The summed E-state index contributed by atoms with van der Waals surface area (Å²) in [5.41, 5.74) is 3.40. The molecule has 2 heterocycles. The van der Waals surface area contributed by atoms with Crippen molar-refractivity contribution >= 4 is 43.7 Å². The number of aryl methyl sites for hydroxylation is 2. The maximum Gasteiger partial charge on any atom is 0.124 e. The van der Waals surface area contributed by atoms with Gasteiger partial charge in [0, 0.05) is 14.3 Å². The number of methoxy groups -OCH3 is 1. The van der Waals surface area contributed by atoms with Gasteiger partial charge < -0.3 is 4.74 Å². The summed E-state index contributed by atoms with van der Waals surface area (Å²) in [6, 6.07) is 8.61. The van der Waals surface area contributed by atoms with E-state index in [2.05, 4.69) is 43.5 Å². The number of rotatable bonds is 3. The molecule has 0 aliphatic carbocycles. The largest absolute Gasteiger partial charge is 0.496 e. The molecule has 1 atom stereocenters. The molecule has 0 amide bonds. The van der Waals surface area contributed by atoms with E-state index in [9.17, 15) is 0 Å². The Morgan fingerprint density at radius 1 is 1.10 bits per heavy atom. The molecule has 0 saturated heterocycles. The van der Waals surface area contributed by atoms with E-state index in [0.717, 1.165) is 22.4 Å². The van der Waals surface area contributed by atoms with E-state index in [1.54, 1.807) is 29.8 Å². The summed E-state index contributed by atoms with van der Waals surface area (Å²) in [7, 11) is 1.71. The summed E-state index contributed by atoms with van der Waals surface area (Å²) in [6.45, 7) is 4.12. The molecule has 0 radical (unpaired) electrons. The smallest absolute Gasteiger partial charge is 0.124 e. The van der Waals surface area contributed by atoms with Gasteiger partial charge in [-0.3, -0.25) is 0 Å². The Morgan fingerprint density at radius 2 is 1.80 bits per heavy atom. The first kappa shape index (κ1) is 13.9. The van der Waals surface area contributed by atoms with Crippen molar-refractivity contribution in [3.63, 3.8) is 0 Å². The number of benzene rings is 1. The van der Waals surface area contributed by atoms with Gasteiger partial charge in [-0.2, -0.15) is 0 Å². The van der Waals surface area contributed by atoms with Gasteiger partial charge in [-0.15, -0.1) is 34.3 Å². The molecule has 20 heavy (non-hydrogen) atoms. The van der Waals surface area contributed by atoms with Crippen LogP contribution in [-0.4, -0.2) is 7.11 Å². The van der Waals surface area contributed by atoms with E-state index in [-0.39, 0.29) is 5.38 Å². The predicted molar refractivity (Wildman–Crippen MR) is 89.9 cm³/mol. The highest BCUT2D eigenvalue weighted by molar-refractivity contribution is 7.27. The average Bonchev–Trinajstić information content (AvgIpc) is 2.98. The first-order valence-electron chi connectivity index (χ1n) is 6.36. The molecule has 0 aliphatic heterocycles. The Labute approximate surface area is 131 Å². The maximum absolute atomic E-state index is 6.67. The van der Waals surface area contributed by atoms with Gasteiger partial charge in [0.2, 0.25) is 0 Å². The Kier molecular flexibility index (Phi) is 3.76. The van der Waals surface area contributed by atoms with Crippen molar-refractivity contribution < 1.29 is 4.74 Å². The molecule has 3 aromatic rings. The summed E-state index contributed by atoms with van der Waals surface area (Å²) in [5, 5.41) is 2.03. The lowest BCUT2D eigenvalue weighted by atomic mass is 10.0. The molecule has 104 valence electrons. The zero-order valence-corrected chi connectivity index (χ0v) is 14.0. The molecule has 1 aromatic carbocycles. The van der Waals surface area contributed by atoms with Crippen LogP contribution in [0.15, 0.2) is 29.6 Å². The monoisotopic (exact) mass is 322 g/mol. The zero-order valence-electron chi connectivity index (χ0n) is 11.6. The first-order valence-corrected chi connectivity index (χ1v) is 8.49. The topological polar surface area (TPSA) is 9.23 Å². The highest BCUT2D eigenvalue weighted by atomic mass is 35.5. The second-order valence-corrected chi connectivity index (χ2v) is 7.35. The fraction of sp³-hybridized carbons (Fsp3) is 0.250. The van der Waals surface area contributed by atoms with Crippen molar-refractivity contribution in [3.05, 3.63) is 51.2 Å². The van der Waals surface area contributed by atoms with Crippen molar-refractivity contribution in [2.75, 3.05) is 7.11 Å². The van der Waals surface area contributed by atoms with Gasteiger partial charge in [-0.25, -0.2) is 0 Å². The quantitative estimate of drug-likeness (QED) is 0.544. The molecule has 1 unspecified atom stereocenters. The first-order chi connectivity index (χ1) is 9.60. The number of alkyl halides is 1. The highest BCUT2D eigenvalue weighted by Crippen LogP contribution is 2.40. The van der Waals surface area contributed by atoms with E-state index in [1.165, 1.54) is 14.3 Å². The summed E-state index contributed by atoms with van der Waals surface area (Å²) in [4.78, 5) is 1.21. The number of halogens is 1. The summed E-state index contributed by atoms with van der Waals surface area (Å²) in [6.07, 6.45) is 0. The molecule has 3 rings (SSSR count). The van der Waals surface area contributed by atoms with E-state index in [1.807, 2.05) is 0 Å². The molecular formula is C16H15ClOS2. The van der Waals surface area contributed by atoms with Gasteiger partial charge in [0.05, 0.1) is 12.5 Å². The SMILES string of the molecule is COc1c(C)cc(C(Cl)c2cc3sccc3s2)cc1C. The minimum atomic E-state index is -0.0945. The van der Waals surface area contributed by atoms with Crippen LogP contribution in [0.3, 0.4) is 0 Å². The Morgan fingerprint density at radius 3 is 2.40 bits per heavy atom. The molecule has 0 bridgehead atoms. The standard InChI is InChI=1S/C16H15ClOS2/c1-9-6-11(7-10(2)16(9)18-3)15(17)14-8-13-12(20-14)4-5-19-13/h4-8,15H,1-3H3. The number of ether oxygens (including phenoxy) is 1. The molecule has 0 spiro atoms. The fourth-order valence-corrected chi connectivity index (χ4v) is 4.97. The van der Waals surface area contributed by atoms with Crippen LogP contribution in [0.25, 0.3) is 9.40 Å². The summed E-state index contributed by atoms with van der Waals surface area (Å²) in [5.74, 6) is 0.949. The summed E-state index contributed by atoms with van der Waals surface area (Å²) < 4.78 is 8.05. The van der Waals surface area contributed by atoms with E-state index in [4.69, 9.17) is 16.3 Å². The van der Waals surface area contributed by atoms with Crippen molar-refractivity contribution in [3.8, 4) is 5.75 Å². The number of thiophene rings is 2. The lowest BCUT2D eigenvalue weighted by Crippen LogP contribution is -1.96. The van der Waals surface area contributed by atoms with Gasteiger partial charge in [0.15, 0.2) is 0 Å². The third-order valence-corrected chi connectivity index (χ3v) is 6.16. The van der Waals surface area contributed by atoms with Crippen LogP contribution in [0.1, 0.15) is 26.9 Å². The lowest BCUT2D eigenvalue weighted by Gasteiger charge is -2.14. The molecular weight excluding hydrogens is 308 g/mol. The minimum Gasteiger partial charge on any atom is -0.496 e. The van der Waals surface area contributed by atoms with Gasteiger partial charge >= 0.3 is 0 Å². The molecule has 0 N–H and O–H groups in total. The zero-order chi connectivity index (χ0) is 14.3. The third kappa shape index (κ3) is 2.34. The van der Waals surface area contributed by atoms with Crippen LogP contribution in [0.2, 0.25) is 0 Å². The van der Waals surface area contributed by atoms with Crippen LogP contribution in [0.4, 0.5) is 0 Å². The Balaban J connectivity index is 2.01. The van der Waals surface area contributed by atoms with Crippen molar-refractivity contribution in [2.24, 2.45) is 0 Å². The average molecular weight is 323 g/mol. The Bertz CT molecular complexity index is 705. The van der Waals surface area contributed by atoms with Gasteiger partial charge in [-0.05, 0) is 48.1 Å². The fourth-order valence-electron chi connectivity index (χ4n) is 2.53. The molecule has 0 aliphatic rings. The van der Waals surface area contributed by atoms with Crippen LogP contribution >= 0.6 is 34.3 Å². The third-order valence-electron chi connectivity index (χ3n) is 3.39. The highest BCUT2D eigenvalue weighted by Gasteiger charge is 2.17. The molecule has 0 fully saturated rings. The number of hydrogen-bond donors (Lipinski definition) is 0. The lowest BCUT2D eigenvalue weighted by molar-refractivity contribution is 0.408. The van der Waals surface area contributed by atoms with Gasteiger partial charge in [-0.1, -0.05) is 12.1 Å². The number of fused-ring (bicyclic) bond motifs is 1. The summed E-state index contributed by atoms with van der Waals surface area (Å²) >= 11 is 10.2. The molecule has 1 nitrogen and oxygen atoms in total. The normalized spacial score (nSPS) is 12.8. The van der Waals surface area contributed by atoms with Crippen LogP contribution in [0.5, 0.6) is 5.75 Å². The van der Waals surface area contributed by atoms with E-state index < -0.39 is 0 Å². The maximum atomic E-state index is 6.67. The second-order valence-electron chi connectivity index (χ2n) is 4.85. The minimum absolute atomic E-state index is 0.0945.